The van der Waals surface area contributed by atoms with Crippen LogP contribution in [0.5, 0.6) is 0 Å². The minimum atomic E-state index is -0.215. The summed E-state index contributed by atoms with van der Waals surface area (Å²) in [7, 11) is 0. The molecule has 3 nitrogen and oxygen atoms in total. The molecule has 1 atom stereocenters. The number of carbonyl (C=O) groups is 1. The molecule has 128 valence electrons. The van der Waals surface area contributed by atoms with Gasteiger partial charge in [-0.15, -0.1) is 0 Å². The maximum Gasteiger partial charge on any atom is 0.174 e. The van der Waals surface area contributed by atoms with E-state index in [0.717, 1.165) is 22.4 Å². The normalized spacial score (nSPS) is 17.5. The van der Waals surface area contributed by atoms with E-state index in [1.54, 1.807) is 6.92 Å². The molecule has 1 aliphatic rings. The van der Waals surface area contributed by atoms with E-state index in [2.05, 4.69) is 5.32 Å². The van der Waals surface area contributed by atoms with Gasteiger partial charge in [-0.3, -0.25) is 4.79 Å². The molecule has 0 bridgehead atoms. The molecule has 5 heteroatoms. The lowest BCUT2D eigenvalue weighted by molar-refractivity contribution is -0.114. The lowest BCUT2D eigenvalue weighted by Gasteiger charge is -2.37. The Morgan fingerprint density at radius 2 is 1.80 bits per heavy atom. The van der Waals surface area contributed by atoms with Crippen molar-refractivity contribution < 1.29 is 4.79 Å². The second-order valence-corrected chi connectivity index (χ2v) is 6.88. The highest BCUT2D eigenvalue weighted by molar-refractivity contribution is 7.80. The highest BCUT2D eigenvalue weighted by Crippen LogP contribution is 2.31. The molecule has 0 saturated carbocycles. The molecule has 0 spiro atoms. The van der Waals surface area contributed by atoms with Crippen molar-refractivity contribution in [1.82, 2.24) is 10.2 Å². The third-order valence-electron chi connectivity index (χ3n) is 4.36. The summed E-state index contributed by atoms with van der Waals surface area (Å²) in [4.78, 5) is 14.3. The summed E-state index contributed by atoms with van der Waals surface area (Å²) in [6.45, 7) is 4.15. The van der Waals surface area contributed by atoms with Crippen molar-refractivity contribution in [3.8, 4) is 0 Å². The first kappa shape index (κ1) is 17.6. The second kappa shape index (κ2) is 7.38. The fraction of sp³-hybridized carbons (Fsp3) is 0.200. The van der Waals surface area contributed by atoms with Crippen LogP contribution in [0.3, 0.4) is 0 Å². The van der Waals surface area contributed by atoms with Crippen LogP contribution in [-0.2, 0) is 11.3 Å². The molecule has 25 heavy (non-hydrogen) atoms. The Hall–Kier alpha value is -2.17. The topological polar surface area (TPSA) is 32.3 Å². The van der Waals surface area contributed by atoms with Gasteiger partial charge in [-0.1, -0.05) is 54.1 Å². The van der Waals surface area contributed by atoms with Crippen molar-refractivity contribution in [1.29, 1.82) is 0 Å². The van der Waals surface area contributed by atoms with E-state index < -0.39 is 0 Å². The molecule has 0 fully saturated rings. The molecule has 0 aromatic heterocycles. The van der Waals surface area contributed by atoms with Crippen LogP contribution in [-0.4, -0.2) is 15.8 Å². The molecule has 1 unspecified atom stereocenters. The van der Waals surface area contributed by atoms with E-state index in [9.17, 15) is 4.79 Å². The third kappa shape index (κ3) is 3.75. The van der Waals surface area contributed by atoms with Gasteiger partial charge in [0, 0.05) is 22.8 Å². The molecule has 0 radical (unpaired) electrons. The molecule has 2 aromatic rings. The number of allylic oxidation sites excluding steroid dienone is 1. The van der Waals surface area contributed by atoms with E-state index in [-0.39, 0.29) is 11.8 Å². The third-order valence-corrected chi connectivity index (χ3v) is 4.95. The van der Waals surface area contributed by atoms with Crippen LogP contribution in [0.4, 0.5) is 0 Å². The first-order chi connectivity index (χ1) is 12.0. The summed E-state index contributed by atoms with van der Waals surface area (Å²) >= 11 is 11.5. The molecule has 3 rings (SSSR count). The Morgan fingerprint density at radius 1 is 1.16 bits per heavy atom. The molecule has 0 aliphatic carbocycles. The Labute approximate surface area is 158 Å². The largest absolute Gasteiger partial charge is 0.351 e. The fourth-order valence-electron chi connectivity index (χ4n) is 3.10. The summed E-state index contributed by atoms with van der Waals surface area (Å²) < 4.78 is 0. The first-order valence-corrected chi connectivity index (χ1v) is 8.85. The van der Waals surface area contributed by atoms with Gasteiger partial charge in [-0.05, 0) is 49.3 Å². The van der Waals surface area contributed by atoms with Crippen molar-refractivity contribution in [3.05, 3.63) is 82.0 Å². The second-order valence-electron chi connectivity index (χ2n) is 6.06. The highest BCUT2D eigenvalue weighted by atomic mass is 35.5. The average Bonchev–Trinajstić information content (AvgIpc) is 2.60. The summed E-state index contributed by atoms with van der Waals surface area (Å²) in [5.74, 6) is 0.0439. The number of Topliss-reactive ketones (excluding diaryl/α,β-unsaturated/α-hetero) is 1. The zero-order chi connectivity index (χ0) is 18.0. The van der Waals surface area contributed by atoms with Crippen molar-refractivity contribution in [2.75, 3.05) is 0 Å². The van der Waals surface area contributed by atoms with Crippen LogP contribution in [0.1, 0.15) is 31.0 Å². The number of hydrogen-bond acceptors (Lipinski definition) is 2. The Kier molecular flexibility index (Phi) is 5.21. The lowest BCUT2D eigenvalue weighted by atomic mass is 9.92. The average molecular weight is 371 g/mol. The standard InChI is InChI=1S/C20H19ClN2OS/c1-13-18(14(2)24)19(16-6-4-3-5-7-16)22-20(25)23(13)12-15-8-10-17(21)11-9-15/h3-11,19H,12H2,1-2H3,(H,22,25). The quantitative estimate of drug-likeness (QED) is 0.795. The predicted octanol–water partition coefficient (Wildman–Crippen LogP) is 4.63. The van der Waals surface area contributed by atoms with Crippen LogP contribution < -0.4 is 5.32 Å². The SMILES string of the molecule is CC(=O)C1=C(C)N(Cc2ccc(Cl)cc2)C(=S)NC1c1ccccc1. The molecule has 1 aliphatic heterocycles. The minimum absolute atomic E-state index is 0.0439. The number of ketones is 1. The summed E-state index contributed by atoms with van der Waals surface area (Å²) in [5, 5.41) is 4.64. The summed E-state index contributed by atoms with van der Waals surface area (Å²) in [6, 6.07) is 17.3. The molecule has 0 amide bonds. The van der Waals surface area contributed by atoms with Gasteiger partial charge in [0.15, 0.2) is 10.9 Å². The smallest absolute Gasteiger partial charge is 0.174 e. The number of carbonyl (C=O) groups excluding carboxylic acids is 1. The molecule has 0 saturated heterocycles. The number of nitrogens with zero attached hydrogens (tertiary/aromatic N) is 1. The zero-order valence-electron chi connectivity index (χ0n) is 14.1. The zero-order valence-corrected chi connectivity index (χ0v) is 15.7. The van der Waals surface area contributed by atoms with Gasteiger partial charge in [0.05, 0.1) is 6.04 Å². The van der Waals surface area contributed by atoms with Crippen molar-refractivity contribution >= 4 is 34.7 Å². The van der Waals surface area contributed by atoms with E-state index in [4.69, 9.17) is 23.8 Å². The van der Waals surface area contributed by atoms with Gasteiger partial charge >= 0.3 is 0 Å². The summed E-state index contributed by atoms with van der Waals surface area (Å²) in [6.07, 6.45) is 0. The maximum atomic E-state index is 12.4. The number of benzene rings is 2. The number of thiocarbonyl (C=S) groups is 1. The Bertz CT molecular complexity index is 831. The number of rotatable bonds is 4. The summed E-state index contributed by atoms with van der Waals surface area (Å²) in [5.41, 5.74) is 3.74. The number of halogens is 1. The number of hydrogen-bond donors (Lipinski definition) is 1. The van der Waals surface area contributed by atoms with E-state index in [1.807, 2.05) is 66.4 Å². The highest BCUT2D eigenvalue weighted by Gasteiger charge is 2.32. The van der Waals surface area contributed by atoms with Gasteiger partial charge < -0.3 is 10.2 Å². The van der Waals surface area contributed by atoms with Gasteiger partial charge in [0.25, 0.3) is 0 Å². The van der Waals surface area contributed by atoms with Crippen LogP contribution in [0, 0.1) is 0 Å². The molecule has 2 aromatic carbocycles. The lowest BCUT2D eigenvalue weighted by Crippen LogP contribution is -2.47. The van der Waals surface area contributed by atoms with Crippen LogP contribution in [0.25, 0.3) is 0 Å². The van der Waals surface area contributed by atoms with Crippen LogP contribution >= 0.6 is 23.8 Å². The van der Waals surface area contributed by atoms with Crippen LogP contribution in [0.2, 0.25) is 5.02 Å². The molecular weight excluding hydrogens is 352 g/mol. The van der Waals surface area contributed by atoms with Crippen molar-refractivity contribution in [2.24, 2.45) is 0 Å². The minimum Gasteiger partial charge on any atom is -0.351 e. The van der Waals surface area contributed by atoms with Crippen molar-refractivity contribution in [2.45, 2.75) is 26.4 Å². The van der Waals surface area contributed by atoms with E-state index >= 15 is 0 Å². The predicted molar refractivity (Wildman–Crippen MR) is 105 cm³/mol. The molecule has 1 heterocycles. The molecule has 1 N–H and O–H groups in total. The van der Waals surface area contributed by atoms with Gasteiger partial charge in [0.1, 0.15) is 0 Å². The van der Waals surface area contributed by atoms with Crippen molar-refractivity contribution in [3.63, 3.8) is 0 Å². The Morgan fingerprint density at radius 3 is 2.40 bits per heavy atom. The number of nitrogens with one attached hydrogen (secondary N) is 1. The monoisotopic (exact) mass is 370 g/mol. The van der Waals surface area contributed by atoms with Crippen LogP contribution in [0.15, 0.2) is 65.9 Å². The molecular formula is C20H19ClN2OS. The van der Waals surface area contributed by atoms with E-state index in [0.29, 0.717) is 16.7 Å². The first-order valence-electron chi connectivity index (χ1n) is 8.06. The van der Waals surface area contributed by atoms with Gasteiger partial charge in [-0.25, -0.2) is 0 Å². The fourth-order valence-corrected chi connectivity index (χ4v) is 3.54. The van der Waals surface area contributed by atoms with E-state index in [1.165, 1.54) is 0 Å². The Balaban J connectivity index is 1.98. The maximum absolute atomic E-state index is 12.4. The van der Waals surface area contributed by atoms with Gasteiger partial charge in [0.2, 0.25) is 0 Å². The van der Waals surface area contributed by atoms with Gasteiger partial charge in [-0.2, -0.15) is 0 Å².